The van der Waals surface area contributed by atoms with E-state index < -0.39 is 0 Å². The number of anilines is 1. The fourth-order valence-electron chi connectivity index (χ4n) is 3.58. The highest BCUT2D eigenvalue weighted by atomic mass is 32.1. The van der Waals surface area contributed by atoms with E-state index in [1.165, 1.54) is 6.08 Å². The molecular formula is C28H21N3O3S. The Bertz CT molecular complexity index is 1550. The number of amides is 1. The van der Waals surface area contributed by atoms with Crippen molar-refractivity contribution in [2.75, 3.05) is 5.32 Å². The summed E-state index contributed by atoms with van der Waals surface area (Å²) in [6.07, 6.45) is 2.97. The number of benzene rings is 3. The number of nitrogens with zero attached hydrogens (tertiary/aromatic N) is 1. The van der Waals surface area contributed by atoms with Crippen LogP contribution in [0.4, 0.5) is 5.69 Å². The van der Waals surface area contributed by atoms with Crippen molar-refractivity contribution in [1.29, 1.82) is 0 Å². The van der Waals surface area contributed by atoms with Gasteiger partial charge >= 0.3 is 0 Å². The molecule has 0 atom stereocenters. The normalized spacial score (nSPS) is 11.1. The maximum Gasteiger partial charge on any atom is 0.250 e. The van der Waals surface area contributed by atoms with Crippen molar-refractivity contribution in [3.63, 3.8) is 0 Å². The summed E-state index contributed by atoms with van der Waals surface area (Å²) in [5, 5.41) is 5.81. The first-order chi connectivity index (χ1) is 17.0. The number of nitrogens with one attached hydrogen (secondary N) is 2. The van der Waals surface area contributed by atoms with Crippen LogP contribution in [0, 0.1) is 6.92 Å². The molecule has 0 fully saturated rings. The van der Waals surface area contributed by atoms with Crippen LogP contribution >= 0.6 is 12.2 Å². The molecule has 0 saturated heterocycles. The first-order valence-electron chi connectivity index (χ1n) is 11.0. The van der Waals surface area contributed by atoms with Crippen molar-refractivity contribution in [3.8, 4) is 22.8 Å². The number of rotatable bonds is 5. The minimum atomic E-state index is -0.371. The van der Waals surface area contributed by atoms with Crippen LogP contribution in [-0.2, 0) is 4.79 Å². The number of oxazole rings is 1. The third-order valence-electron chi connectivity index (χ3n) is 5.23. The molecule has 6 nitrogen and oxygen atoms in total. The van der Waals surface area contributed by atoms with Gasteiger partial charge in [-0.1, -0.05) is 48.0 Å². The Morgan fingerprint density at radius 3 is 2.57 bits per heavy atom. The molecule has 7 heteroatoms. The van der Waals surface area contributed by atoms with E-state index >= 15 is 0 Å². The van der Waals surface area contributed by atoms with Gasteiger partial charge in [-0.15, -0.1) is 0 Å². The Hall–Kier alpha value is -4.49. The third-order valence-corrected chi connectivity index (χ3v) is 5.44. The molecule has 1 amide bonds. The lowest BCUT2D eigenvalue weighted by molar-refractivity contribution is -0.115. The summed E-state index contributed by atoms with van der Waals surface area (Å²) in [5.74, 6) is 1.48. The van der Waals surface area contributed by atoms with Crippen LogP contribution in [0.5, 0.6) is 0 Å². The molecule has 0 radical (unpaired) electrons. The van der Waals surface area contributed by atoms with Gasteiger partial charge in [0.25, 0.3) is 0 Å². The van der Waals surface area contributed by atoms with Gasteiger partial charge in [-0.05, 0) is 67.7 Å². The molecule has 0 spiro atoms. The fourth-order valence-corrected chi connectivity index (χ4v) is 3.80. The van der Waals surface area contributed by atoms with Crippen molar-refractivity contribution in [3.05, 3.63) is 102 Å². The van der Waals surface area contributed by atoms with Gasteiger partial charge in [0.15, 0.2) is 10.7 Å². The van der Waals surface area contributed by atoms with Crippen molar-refractivity contribution in [2.24, 2.45) is 0 Å². The average Bonchev–Trinajstić information content (AvgIpc) is 3.50. The van der Waals surface area contributed by atoms with E-state index in [1.54, 1.807) is 12.1 Å². The van der Waals surface area contributed by atoms with E-state index in [4.69, 9.17) is 21.1 Å². The number of fused-ring (bicyclic) bond motifs is 1. The zero-order valence-electron chi connectivity index (χ0n) is 18.8. The first-order valence-corrected chi connectivity index (χ1v) is 11.4. The van der Waals surface area contributed by atoms with Gasteiger partial charge in [0.2, 0.25) is 11.8 Å². The van der Waals surface area contributed by atoms with E-state index in [2.05, 4.69) is 15.6 Å². The van der Waals surface area contributed by atoms with Crippen LogP contribution in [-0.4, -0.2) is 16.0 Å². The van der Waals surface area contributed by atoms with Crippen LogP contribution in [0.25, 0.3) is 40.0 Å². The molecule has 3 aromatic carbocycles. The highest BCUT2D eigenvalue weighted by Crippen LogP contribution is 2.27. The summed E-state index contributed by atoms with van der Waals surface area (Å²) in [7, 11) is 0. The smallest absolute Gasteiger partial charge is 0.250 e. The average molecular weight is 480 g/mol. The molecule has 2 N–H and O–H groups in total. The molecule has 5 aromatic rings. The van der Waals surface area contributed by atoms with Gasteiger partial charge in [0.05, 0.1) is 0 Å². The molecule has 0 aliphatic rings. The van der Waals surface area contributed by atoms with Gasteiger partial charge in [-0.2, -0.15) is 0 Å². The summed E-state index contributed by atoms with van der Waals surface area (Å²) in [6.45, 7) is 2.02. The van der Waals surface area contributed by atoms with E-state index in [9.17, 15) is 4.79 Å². The highest BCUT2D eigenvalue weighted by Gasteiger charge is 2.10. The molecule has 0 aliphatic heterocycles. The number of hydrogen-bond donors (Lipinski definition) is 2. The number of aromatic nitrogens is 1. The van der Waals surface area contributed by atoms with Crippen molar-refractivity contribution in [1.82, 2.24) is 10.3 Å². The lowest BCUT2D eigenvalue weighted by Crippen LogP contribution is -2.32. The van der Waals surface area contributed by atoms with Gasteiger partial charge in [0.1, 0.15) is 17.0 Å². The quantitative estimate of drug-likeness (QED) is 0.219. The summed E-state index contributed by atoms with van der Waals surface area (Å²) in [5.41, 5.74) is 5.06. The summed E-state index contributed by atoms with van der Waals surface area (Å²) < 4.78 is 11.6. The zero-order chi connectivity index (χ0) is 24.2. The monoisotopic (exact) mass is 479 g/mol. The van der Waals surface area contributed by atoms with Crippen LogP contribution in [0.3, 0.4) is 0 Å². The summed E-state index contributed by atoms with van der Waals surface area (Å²) >= 11 is 5.29. The van der Waals surface area contributed by atoms with E-state index in [-0.39, 0.29) is 11.0 Å². The number of aryl methyl sites for hydroxylation is 1. The van der Waals surface area contributed by atoms with Crippen molar-refractivity contribution in [2.45, 2.75) is 6.92 Å². The molecule has 2 aromatic heterocycles. The van der Waals surface area contributed by atoms with Crippen LogP contribution in [0.15, 0.2) is 99.8 Å². The lowest BCUT2D eigenvalue weighted by Gasteiger charge is -2.07. The van der Waals surface area contributed by atoms with Gasteiger partial charge in [0, 0.05) is 22.9 Å². The number of hydrogen-bond acceptors (Lipinski definition) is 5. The Kier molecular flexibility index (Phi) is 6.24. The Labute approximate surface area is 207 Å². The Morgan fingerprint density at radius 1 is 0.914 bits per heavy atom. The number of furan rings is 1. The molecular weight excluding hydrogens is 458 g/mol. The van der Waals surface area contributed by atoms with E-state index in [0.29, 0.717) is 28.4 Å². The highest BCUT2D eigenvalue weighted by molar-refractivity contribution is 7.80. The predicted molar refractivity (Wildman–Crippen MR) is 142 cm³/mol. The Balaban J connectivity index is 1.21. The minimum Gasteiger partial charge on any atom is -0.457 e. The van der Waals surface area contributed by atoms with Crippen LogP contribution < -0.4 is 10.6 Å². The maximum atomic E-state index is 12.3. The van der Waals surface area contributed by atoms with Crippen molar-refractivity contribution >= 4 is 46.1 Å². The van der Waals surface area contributed by atoms with Crippen molar-refractivity contribution < 1.29 is 13.6 Å². The molecule has 2 heterocycles. The SMILES string of the molecule is Cc1cccc(-c2nc3cc(NC(=S)NC(=O)/C=C/c4ccc(-c5ccccc5)o4)ccc3o2)c1. The van der Waals surface area contributed by atoms with Gasteiger partial charge < -0.3 is 14.2 Å². The van der Waals surface area contributed by atoms with Crippen LogP contribution in [0.2, 0.25) is 0 Å². The fraction of sp³-hybridized carbons (Fsp3) is 0.0357. The molecule has 35 heavy (non-hydrogen) atoms. The number of carbonyl (C=O) groups is 1. The second-order valence-electron chi connectivity index (χ2n) is 7.92. The third kappa shape index (κ3) is 5.37. The first kappa shape index (κ1) is 22.3. The summed E-state index contributed by atoms with van der Waals surface area (Å²) in [4.78, 5) is 16.9. The molecule has 0 aliphatic carbocycles. The molecule has 172 valence electrons. The Morgan fingerprint density at radius 2 is 1.74 bits per heavy atom. The second-order valence-corrected chi connectivity index (χ2v) is 8.32. The maximum absolute atomic E-state index is 12.3. The molecule has 0 saturated carbocycles. The molecule has 0 unspecified atom stereocenters. The van der Waals surface area contributed by atoms with Gasteiger partial charge in [-0.25, -0.2) is 4.98 Å². The topological polar surface area (TPSA) is 80.3 Å². The standard InChI is InChI=1S/C28H21N3O3S/c1-18-6-5-9-20(16-18)27-30-23-17-21(10-13-25(23)34-27)29-28(35)31-26(32)15-12-22-11-14-24(33-22)19-7-3-2-4-8-19/h2-17H,1H3,(H2,29,31,32,35)/b15-12+. The van der Waals surface area contributed by atoms with Gasteiger partial charge in [-0.3, -0.25) is 10.1 Å². The largest absolute Gasteiger partial charge is 0.457 e. The number of carbonyl (C=O) groups excluding carboxylic acids is 1. The van der Waals surface area contributed by atoms with E-state index in [1.807, 2.05) is 85.8 Å². The number of thiocarbonyl (C=S) groups is 1. The predicted octanol–water partition coefficient (Wildman–Crippen LogP) is 6.59. The zero-order valence-corrected chi connectivity index (χ0v) is 19.6. The summed E-state index contributed by atoms with van der Waals surface area (Å²) in [6, 6.07) is 26.8. The molecule has 5 rings (SSSR count). The minimum absolute atomic E-state index is 0.172. The van der Waals surface area contributed by atoms with E-state index in [0.717, 1.165) is 22.5 Å². The lowest BCUT2D eigenvalue weighted by atomic mass is 10.1. The second kappa shape index (κ2) is 9.79. The molecule has 0 bridgehead atoms. The van der Waals surface area contributed by atoms with Crippen LogP contribution in [0.1, 0.15) is 11.3 Å².